The second-order valence-electron chi connectivity index (χ2n) is 8.57. The van der Waals surface area contributed by atoms with Crippen molar-refractivity contribution in [2.24, 2.45) is 0 Å². The van der Waals surface area contributed by atoms with Gasteiger partial charge in [0.1, 0.15) is 11.6 Å². The fourth-order valence-electron chi connectivity index (χ4n) is 4.65. The quantitative estimate of drug-likeness (QED) is 0.467. The lowest BCUT2D eigenvalue weighted by atomic mass is 9.68. The predicted octanol–water partition coefficient (Wildman–Crippen LogP) is 7.00. The fraction of sp³-hybridized carbons (Fsp3) is 0.370. The summed E-state index contributed by atoms with van der Waals surface area (Å²) in [5, 5.41) is 5.04. The van der Waals surface area contributed by atoms with Crippen LogP contribution in [-0.2, 0) is 10.2 Å². The highest BCUT2D eigenvalue weighted by Crippen LogP contribution is 2.42. The first-order chi connectivity index (χ1) is 15.0. The molecular weight excluding hydrogens is 389 g/mol. The molecule has 4 heteroatoms. The van der Waals surface area contributed by atoms with E-state index in [9.17, 15) is 9.18 Å². The first-order valence-electron chi connectivity index (χ1n) is 11.3. The molecular formula is C27H30FNO2. The summed E-state index contributed by atoms with van der Waals surface area (Å²) in [4.78, 5) is 13.7. The van der Waals surface area contributed by atoms with E-state index in [1.165, 1.54) is 6.07 Å². The lowest BCUT2D eigenvalue weighted by molar-refractivity contribution is -0.122. The maximum atomic E-state index is 14.8. The van der Waals surface area contributed by atoms with Gasteiger partial charge in [0.15, 0.2) is 0 Å². The molecule has 0 aliphatic heterocycles. The van der Waals surface area contributed by atoms with Crippen molar-refractivity contribution in [1.82, 2.24) is 0 Å². The van der Waals surface area contributed by atoms with Gasteiger partial charge in [-0.25, -0.2) is 4.39 Å². The van der Waals surface area contributed by atoms with Crippen LogP contribution in [0.3, 0.4) is 0 Å². The maximum absolute atomic E-state index is 14.8. The minimum Gasteiger partial charge on any atom is -0.490 e. The summed E-state index contributed by atoms with van der Waals surface area (Å²) in [5.41, 5.74) is 0.406. The second-order valence-corrected chi connectivity index (χ2v) is 8.57. The molecule has 3 aromatic carbocycles. The largest absolute Gasteiger partial charge is 0.490 e. The van der Waals surface area contributed by atoms with Crippen LogP contribution in [0.5, 0.6) is 5.75 Å². The number of fused-ring (bicyclic) bond motifs is 1. The van der Waals surface area contributed by atoms with Gasteiger partial charge in [-0.05, 0) is 44.4 Å². The number of benzene rings is 3. The predicted molar refractivity (Wildman–Crippen MR) is 124 cm³/mol. The molecule has 0 radical (unpaired) electrons. The molecule has 0 saturated heterocycles. The SMILES string of the molecule is CC[C@H](C)Oc1ccc(NC(=O)C2(c3ccccc3F)CCCCC2)c2ccccc12. The van der Waals surface area contributed by atoms with Crippen molar-refractivity contribution in [2.45, 2.75) is 63.9 Å². The van der Waals surface area contributed by atoms with E-state index >= 15 is 0 Å². The van der Waals surface area contributed by atoms with Crippen LogP contribution in [0, 0.1) is 5.82 Å². The average molecular weight is 420 g/mol. The molecule has 0 unspecified atom stereocenters. The van der Waals surface area contributed by atoms with E-state index in [0.717, 1.165) is 47.9 Å². The first-order valence-corrected chi connectivity index (χ1v) is 11.3. The van der Waals surface area contributed by atoms with Crippen molar-refractivity contribution in [3.8, 4) is 5.75 Å². The molecule has 0 heterocycles. The highest BCUT2D eigenvalue weighted by molar-refractivity contribution is 6.07. The number of ether oxygens (including phenoxy) is 1. The van der Waals surface area contributed by atoms with Crippen molar-refractivity contribution >= 4 is 22.4 Å². The molecule has 1 aliphatic rings. The number of anilines is 1. The van der Waals surface area contributed by atoms with E-state index in [-0.39, 0.29) is 17.8 Å². The summed E-state index contributed by atoms with van der Waals surface area (Å²) in [6, 6.07) is 18.5. The second kappa shape index (κ2) is 9.09. The van der Waals surface area contributed by atoms with E-state index in [0.29, 0.717) is 18.4 Å². The van der Waals surface area contributed by atoms with Gasteiger partial charge in [-0.15, -0.1) is 0 Å². The molecule has 1 amide bonds. The van der Waals surface area contributed by atoms with E-state index in [4.69, 9.17) is 4.74 Å². The van der Waals surface area contributed by atoms with Crippen LogP contribution in [-0.4, -0.2) is 12.0 Å². The number of carbonyl (C=O) groups is 1. The van der Waals surface area contributed by atoms with Crippen molar-refractivity contribution in [3.63, 3.8) is 0 Å². The van der Waals surface area contributed by atoms with Crippen molar-refractivity contribution in [2.75, 3.05) is 5.32 Å². The summed E-state index contributed by atoms with van der Waals surface area (Å²) >= 11 is 0. The smallest absolute Gasteiger partial charge is 0.235 e. The topological polar surface area (TPSA) is 38.3 Å². The normalized spacial score (nSPS) is 16.6. The van der Waals surface area contributed by atoms with Gasteiger partial charge >= 0.3 is 0 Å². The van der Waals surface area contributed by atoms with Gasteiger partial charge in [0.2, 0.25) is 5.91 Å². The third-order valence-corrected chi connectivity index (χ3v) is 6.57. The van der Waals surface area contributed by atoms with Gasteiger partial charge in [-0.2, -0.15) is 0 Å². The maximum Gasteiger partial charge on any atom is 0.235 e. The van der Waals surface area contributed by atoms with E-state index in [2.05, 4.69) is 12.2 Å². The van der Waals surface area contributed by atoms with E-state index in [1.54, 1.807) is 12.1 Å². The van der Waals surface area contributed by atoms with Gasteiger partial charge in [0, 0.05) is 22.0 Å². The Hall–Kier alpha value is -2.88. The Morgan fingerprint density at radius 2 is 1.68 bits per heavy atom. The molecule has 3 nitrogen and oxygen atoms in total. The molecule has 1 aliphatic carbocycles. The van der Waals surface area contributed by atoms with Gasteiger partial charge in [-0.1, -0.05) is 68.7 Å². The Kier molecular flexibility index (Phi) is 6.26. The molecule has 1 saturated carbocycles. The Bertz CT molecular complexity index is 1070. The Morgan fingerprint density at radius 3 is 2.39 bits per heavy atom. The molecule has 1 fully saturated rings. The van der Waals surface area contributed by atoms with Crippen molar-refractivity contribution in [3.05, 3.63) is 72.0 Å². The molecule has 0 aromatic heterocycles. The Balaban J connectivity index is 1.72. The number of halogens is 1. The molecule has 0 bridgehead atoms. The summed E-state index contributed by atoms with van der Waals surface area (Å²) in [6.45, 7) is 4.14. The van der Waals surface area contributed by atoms with E-state index in [1.807, 2.05) is 49.4 Å². The van der Waals surface area contributed by atoms with Gasteiger partial charge in [-0.3, -0.25) is 4.79 Å². The number of nitrogens with one attached hydrogen (secondary N) is 1. The Labute approximate surface area is 183 Å². The van der Waals surface area contributed by atoms with Gasteiger partial charge in [0.25, 0.3) is 0 Å². The zero-order chi connectivity index (χ0) is 21.8. The van der Waals surface area contributed by atoms with E-state index < -0.39 is 5.41 Å². The molecule has 31 heavy (non-hydrogen) atoms. The van der Waals surface area contributed by atoms with Crippen LogP contribution in [0.4, 0.5) is 10.1 Å². The summed E-state index contributed by atoms with van der Waals surface area (Å²) in [5.74, 6) is 0.379. The van der Waals surface area contributed by atoms with Crippen LogP contribution >= 0.6 is 0 Å². The number of carbonyl (C=O) groups excluding carboxylic acids is 1. The standard InChI is InChI=1S/C27H30FNO2/c1-3-19(2)31-25-16-15-24(20-11-5-6-12-21(20)25)29-26(30)27(17-9-4-10-18-27)22-13-7-8-14-23(22)28/h5-8,11-16,19H,3-4,9-10,17-18H2,1-2H3,(H,29,30)/t19-/m0/s1. The summed E-state index contributed by atoms with van der Waals surface area (Å²) < 4.78 is 20.9. The molecule has 1 N–H and O–H groups in total. The average Bonchev–Trinajstić information content (AvgIpc) is 2.81. The lowest BCUT2D eigenvalue weighted by Crippen LogP contribution is -2.42. The lowest BCUT2D eigenvalue weighted by Gasteiger charge is -2.36. The van der Waals surface area contributed by atoms with Crippen molar-refractivity contribution in [1.29, 1.82) is 0 Å². The molecule has 1 atom stereocenters. The fourth-order valence-corrected chi connectivity index (χ4v) is 4.65. The van der Waals surface area contributed by atoms with Crippen LogP contribution in [0.1, 0.15) is 57.9 Å². The molecule has 0 spiro atoms. The highest BCUT2D eigenvalue weighted by atomic mass is 19.1. The zero-order valence-corrected chi connectivity index (χ0v) is 18.3. The minimum atomic E-state index is -0.837. The number of amides is 1. The third-order valence-electron chi connectivity index (χ3n) is 6.57. The van der Waals surface area contributed by atoms with Crippen LogP contribution in [0.2, 0.25) is 0 Å². The minimum absolute atomic E-state index is 0.107. The highest BCUT2D eigenvalue weighted by Gasteiger charge is 2.43. The molecule has 4 rings (SSSR count). The molecule has 162 valence electrons. The van der Waals surface area contributed by atoms with Gasteiger partial charge in [0.05, 0.1) is 11.5 Å². The number of rotatable bonds is 6. The number of hydrogen-bond donors (Lipinski definition) is 1. The third kappa shape index (κ3) is 4.16. The van der Waals surface area contributed by atoms with Crippen LogP contribution < -0.4 is 10.1 Å². The first kappa shape index (κ1) is 21.4. The van der Waals surface area contributed by atoms with Crippen LogP contribution in [0.25, 0.3) is 10.8 Å². The summed E-state index contributed by atoms with van der Waals surface area (Å²) in [7, 11) is 0. The van der Waals surface area contributed by atoms with Gasteiger partial charge < -0.3 is 10.1 Å². The summed E-state index contributed by atoms with van der Waals surface area (Å²) in [6.07, 6.45) is 5.26. The van der Waals surface area contributed by atoms with Crippen molar-refractivity contribution < 1.29 is 13.9 Å². The number of hydrogen-bond acceptors (Lipinski definition) is 2. The monoisotopic (exact) mass is 419 g/mol. The molecule has 3 aromatic rings. The Morgan fingerprint density at radius 1 is 1.00 bits per heavy atom. The van der Waals surface area contributed by atoms with Crippen LogP contribution in [0.15, 0.2) is 60.7 Å². The zero-order valence-electron chi connectivity index (χ0n) is 18.3.